The van der Waals surface area contributed by atoms with E-state index in [1.54, 1.807) is 24.2 Å². The molecule has 0 spiro atoms. The summed E-state index contributed by atoms with van der Waals surface area (Å²) in [4.78, 5) is 4.03. The highest BCUT2D eigenvalue weighted by Crippen LogP contribution is 2.24. The van der Waals surface area contributed by atoms with Crippen LogP contribution in [-0.2, 0) is 5.75 Å². The van der Waals surface area contributed by atoms with Crippen LogP contribution < -0.4 is 5.73 Å². The van der Waals surface area contributed by atoms with Crippen molar-refractivity contribution in [2.24, 2.45) is 0 Å². The number of aromatic nitrogens is 1. The van der Waals surface area contributed by atoms with Crippen LogP contribution in [0.1, 0.15) is 5.56 Å². The van der Waals surface area contributed by atoms with Gasteiger partial charge in [-0.3, -0.25) is 0 Å². The summed E-state index contributed by atoms with van der Waals surface area (Å²) in [6.07, 6.45) is 3.20. The number of nitrogens with two attached hydrogens (primary N) is 1. The van der Waals surface area contributed by atoms with E-state index in [2.05, 4.69) is 20.9 Å². The topological polar surface area (TPSA) is 52.0 Å². The Morgan fingerprint density at radius 2 is 2.27 bits per heavy atom. The Kier molecular flexibility index (Phi) is 3.33. The first kappa shape index (κ1) is 10.6. The molecule has 1 heterocycles. The fourth-order valence-corrected chi connectivity index (χ4v) is 2.46. The Morgan fingerprint density at radius 1 is 1.40 bits per heavy atom. The SMILES string of the molecule is Nc1cc(Br)cc(CSc2ncco2)c1. The van der Waals surface area contributed by atoms with E-state index in [1.165, 1.54) is 0 Å². The van der Waals surface area contributed by atoms with E-state index in [-0.39, 0.29) is 0 Å². The molecule has 0 saturated carbocycles. The van der Waals surface area contributed by atoms with Crippen LogP contribution in [0.3, 0.4) is 0 Å². The van der Waals surface area contributed by atoms with Crippen LogP contribution in [0.5, 0.6) is 0 Å². The van der Waals surface area contributed by atoms with E-state index in [9.17, 15) is 0 Å². The van der Waals surface area contributed by atoms with Crippen LogP contribution in [0, 0.1) is 0 Å². The molecule has 0 radical (unpaired) electrons. The molecule has 3 nitrogen and oxygen atoms in total. The first-order valence-corrected chi connectivity index (χ1v) is 6.09. The third-order valence-electron chi connectivity index (χ3n) is 1.75. The van der Waals surface area contributed by atoms with Crippen LogP contribution in [0.4, 0.5) is 5.69 Å². The monoisotopic (exact) mass is 284 g/mol. The number of benzene rings is 1. The van der Waals surface area contributed by atoms with E-state index in [0.717, 1.165) is 21.5 Å². The molecule has 0 unspecified atom stereocenters. The van der Waals surface area contributed by atoms with Crippen molar-refractivity contribution < 1.29 is 4.42 Å². The molecule has 0 saturated heterocycles. The molecule has 0 aliphatic rings. The molecule has 0 aliphatic carbocycles. The Morgan fingerprint density at radius 3 is 2.93 bits per heavy atom. The van der Waals surface area contributed by atoms with E-state index < -0.39 is 0 Å². The second-order valence-corrected chi connectivity index (χ2v) is 4.82. The molecular weight excluding hydrogens is 276 g/mol. The average Bonchev–Trinajstić information content (AvgIpc) is 2.65. The minimum Gasteiger partial charge on any atom is -0.440 e. The highest BCUT2D eigenvalue weighted by atomic mass is 79.9. The van der Waals surface area contributed by atoms with Gasteiger partial charge in [0.25, 0.3) is 5.22 Å². The summed E-state index contributed by atoms with van der Waals surface area (Å²) in [6.45, 7) is 0. The first-order valence-electron chi connectivity index (χ1n) is 4.31. The summed E-state index contributed by atoms with van der Waals surface area (Å²) in [5.74, 6) is 0.796. The van der Waals surface area contributed by atoms with E-state index >= 15 is 0 Å². The van der Waals surface area contributed by atoms with Gasteiger partial charge >= 0.3 is 0 Å². The Labute approximate surface area is 100 Å². The van der Waals surface area contributed by atoms with Crippen molar-refractivity contribution in [1.82, 2.24) is 4.98 Å². The van der Waals surface area contributed by atoms with Crippen LogP contribution in [-0.4, -0.2) is 4.98 Å². The molecule has 5 heteroatoms. The highest BCUT2D eigenvalue weighted by Gasteiger charge is 2.01. The lowest BCUT2D eigenvalue weighted by Crippen LogP contribution is -1.88. The number of halogens is 1. The predicted molar refractivity (Wildman–Crippen MR) is 64.6 cm³/mol. The van der Waals surface area contributed by atoms with Crippen molar-refractivity contribution in [2.45, 2.75) is 11.0 Å². The first-order chi connectivity index (χ1) is 7.24. The van der Waals surface area contributed by atoms with Crippen molar-refractivity contribution in [3.63, 3.8) is 0 Å². The molecule has 0 fully saturated rings. The lowest BCUT2D eigenvalue weighted by molar-refractivity contribution is 0.454. The van der Waals surface area contributed by atoms with Crippen molar-refractivity contribution in [2.75, 3.05) is 5.73 Å². The second-order valence-electron chi connectivity index (χ2n) is 2.98. The fraction of sp³-hybridized carbons (Fsp3) is 0.100. The molecular formula is C10H9BrN2OS. The fourth-order valence-electron chi connectivity index (χ4n) is 1.19. The van der Waals surface area contributed by atoms with Gasteiger partial charge < -0.3 is 10.2 Å². The summed E-state index contributed by atoms with van der Waals surface area (Å²) >= 11 is 4.95. The van der Waals surface area contributed by atoms with Crippen molar-refractivity contribution in [3.05, 3.63) is 40.7 Å². The summed E-state index contributed by atoms with van der Waals surface area (Å²) in [5, 5.41) is 0.675. The van der Waals surface area contributed by atoms with Gasteiger partial charge in [-0.05, 0) is 23.8 Å². The lowest BCUT2D eigenvalue weighted by Gasteiger charge is -2.01. The molecule has 78 valence electrons. The van der Waals surface area contributed by atoms with Crippen molar-refractivity contribution in [1.29, 1.82) is 0 Å². The molecule has 1 aromatic carbocycles. The zero-order valence-corrected chi connectivity index (χ0v) is 10.2. The third-order valence-corrected chi connectivity index (χ3v) is 3.14. The largest absolute Gasteiger partial charge is 0.440 e. The second kappa shape index (κ2) is 4.72. The van der Waals surface area contributed by atoms with Crippen molar-refractivity contribution in [3.8, 4) is 0 Å². The minimum absolute atomic E-state index is 0.675. The normalized spacial score (nSPS) is 10.5. The van der Waals surface area contributed by atoms with E-state index in [0.29, 0.717) is 5.22 Å². The number of nitrogens with zero attached hydrogens (tertiary/aromatic N) is 1. The molecule has 2 N–H and O–H groups in total. The maximum Gasteiger partial charge on any atom is 0.255 e. The number of oxazole rings is 1. The summed E-state index contributed by atoms with van der Waals surface area (Å²) < 4.78 is 6.12. The number of rotatable bonds is 3. The zero-order chi connectivity index (χ0) is 10.7. The molecule has 2 rings (SSSR count). The smallest absolute Gasteiger partial charge is 0.255 e. The lowest BCUT2D eigenvalue weighted by atomic mass is 10.2. The average molecular weight is 285 g/mol. The van der Waals surface area contributed by atoms with E-state index in [1.807, 2.05) is 18.2 Å². The van der Waals surface area contributed by atoms with E-state index in [4.69, 9.17) is 10.2 Å². The number of hydrogen-bond acceptors (Lipinski definition) is 4. The van der Waals surface area contributed by atoms with Crippen molar-refractivity contribution >= 4 is 33.4 Å². The predicted octanol–water partition coefficient (Wildman–Crippen LogP) is 3.31. The number of anilines is 1. The van der Waals surface area contributed by atoms with Gasteiger partial charge in [-0.1, -0.05) is 27.7 Å². The van der Waals surface area contributed by atoms with Crippen LogP contribution >= 0.6 is 27.7 Å². The number of thioether (sulfide) groups is 1. The Bertz CT molecular complexity index is 424. The molecule has 1 aromatic heterocycles. The summed E-state index contributed by atoms with van der Waals surface area (Å²) in [6, 6.07) is 5.85. The molecule has 0 aliphatic heterocycles. The quantitative estimate of drug-likeness (QED) is 0.694. The van der Waals surface area contributed by atoms with Gasteiger partial charge in [-0.2, -0.15) is 0 Å². The molecule has 0 amide bonds. The van der Waals surface area contributed by atoms with Gasteiger partial charge in [0.2, 0.25) is 0 Å². The molecule has 2 aromatic rings. The number of nitrogen functional groups attached to an aromatic ring is 1. The maximum absolute atomic E-state index is 5.73. The van der Waals surface area contributed by atoms with Gasteiger partial charge in [-0.15, -0.1) is 0 Å². The maximum atomic E-state index is 5.73. The summed E-state index contributed by atoms with van der Waals surface area (Å²) in [5.41, 5.74) is 7.63. The summed E-state index contributed by atoms with van der Waals surface area (Å²) in [7, 11) is 0. The van der Waals surface area contributed by atoms with Gasteiger partial charge in [-0.25, -0.2) is 4.98 Å². The number of hydrogen-bond donors (Lipinski definition) is 1. The van der Waals surface area contributed by atoms with Crippen LogP contribution in [0.2, 0.25) is 0 Å². The molecule has 0 atom stereocenters. The van der Waals surface area contributed by atoms with Crippen LogP contribution in [0.25, 0.3) is 0 Å². The zero-order valence-electron chi connectivity index (χ0n) is 7.81. The van der Waals surface area contributed by atoms with Gasteiger partial charge in [0, 0.05) is 15.9 Å². The Balaban J connectivity index is 2.05. The Hall–Kier alpha value is -0.940. The standard InChI is InChI=1S/C10H9BrN2OS/c11-8-3-7(4-9(12)5-8)6-15-10-13-1-2-14-10/h1-5H,6,12H2. The molecule has 0 bridgehead atoms. The van der Waals surface area contributed by atoms with Gasteiger partial charge in [0.15, 0.2) is 0 Å². The van der Waals surface area contributed by atoms with Gasteiger partial charge in [0.1, 0.15) is 6.26 Å². The van der Waals surface area contributed by atoms with Crippen LogP contribution in [0.15, 0.2) is 44.8 Å². The van der Waals surface area contributed by atoms with Gasteiger partial charge in [0.05, 0.1) is 6.20 Å². The molecule has 15 heavy (non-hydrogen) atoms. The highest BCUT2D eigenvalue weighted by molar-refractivity contribution is 9.10. The minimum atomic E-state index is 0.675. The third kappa shape index (κ3) is 3.00.